The minimum Gasteiger partial charge on any atom is -0.358 e. The van der Waals surface area contributed by atoms with Gasteiger partial charge >= 0.3 is 0 Å². The van der Waals surface area contributed by atoms with Gasteiger partial charge in [0.2, 0.25) is 5.91 Å². The van der Waals surface area contributed by atoms with E-state index >= 15 is 0 Å². The summed E-state index contributed by atoms with van der Waals surface area (Å²) in [6.45, 7) is 1.96. The number of amides is 1. The molecular weight excluding hydrogens is 251 g/mol. The number of carbonyl (C=O) groups is 1. The SMILES string of the molecule is CCC(N)C(SCC(=O)NC)c1ccccc1F. The third-order valence-corrected chi connectivity index (χ3v) is 4.14. The van der Waals surface area contributed by atoms with Crippen LogP contribution in [0.4, 0.5) is 4.39 Å². The molecule has 0 aliphatic rings. The quantitative estimate of drug-likeness (QED) is 0.832. The molecule has 18 heavy (non-hydrogen) atoms. The fourth-order valence-corrected chi connectivity index (χ4v) is 2.89. The van der Waals surface area contributed by atoms with Crippen LogP contribution < -0.4 is 11.1 Å². The molecule has 0 heterocycles. The smallest absolute Gasteiger partial charge is 0.229 e. The summed E-state index contributed by atoms with van der Waals surface area (Å²) in [5.41, 5.74) is 6.60. The molecule has 1 aromatic rings. The molecule has 0 saturated heterocycles. The largest absolute Gasteiger partial charge is 0.358 e. The Morgan fingerprint density at radius 1 is 1.50 bits per heavy atom. The van der Waals surface area contributed by atoms with Crippen LogP contribution in [0.2, 0.25) is 0 Å². The van der Waals surface area contributed by atoms with Crippen LogP contribution >= 0.6 is 11.8 Å². The molecule has 2 unspecified atom stereocenters. The van der Waals surface area contributed by atoms with E-state index in [0.717, 1.165) is 6.42 Å². The van der Waals surface area contributed by atoms with Crippen LogP contribution in [-0.2, 0) is 4.79 Å². The summed E-state index contributed by atoms with van der Waals surface area (Å²) in [6, 6.07) is 6.42. The predicted molar refractivity (Wildman–Crippen MR) is 73.9 cm³/mol. The minimum absolute atomic E-state index is 0.0790. The summed E-state index contributed by atoms with van der Waals surface area (Å²) in [5.74, 6) is -0.0659. The Morgan fingerprint density at radius 2 is 2.17 bits per heavy atom. The number of benzene rings is 1. The molecule has 0 aliphatic carbocycles. The zero-order valence-corrected chi connectivity index (χ0v) is 11.5. The van der Waals surface area contributed by atoms with Gasteiger partial charge in [0.25, 0.3) is 0 Å². The first-order valence-electron chi connectivity index (χ1n) is 5.92. The summed E-state index contributed by atoms with van der Waals surface area (Å²) < 4.78 is 13.8. The molecule has 100 valence electrons. The summed E-state index contributed by atoms with van der Waals surface area (Å²) >= 11 is 1.38. The maximum atomic E-state index is 13.8. The van der Waals surface area contributed by atoms with Gasteiger partial charge < -0.3 is 11.1 Å². The van der Waals surface area contributed by atoms with Gasteiger partial charge in [-0.25, -0.2) is 4.39 Å². The lowest BCUT2D eigenvalue weighted by Gasteiger charge is -2.23. The number of thioether (sulfide) groups is 1. The lowest BCUT2D eigenvalue weighted by molar-refractivity contribution is -0.118. The molecule has 3 N–H and O–H groups in total. The van der Waals surface area contributed by atoms with Gasteiger partial charge in [0.15, 0.2) is 0 Å². The number of hydrogen-bond donors (Lipinski definition) is 2. The van der Waals surface area contributed by atoms with Crippen molar-refractivity contribution in [2.75, 3.05) is 12.8 Å². The summed E-state index contributed by atoms with van der Waals surface area (Å²) in [4.78, 5) is 11.3. The molecule has 0 radical (unpaired) electrons. The van der Waals surface area contributed by atoms with E-state index in [9.17, 15) is 9.18 Å². The second kappa shape index (κ2) is 7.38. The van der Waals surface area contributed by atoms with Crippen molar-refractivity contribution in [1.29, 1.82) is 0 Å². The molecule has 5 heteroatoms. The van der Waals surface area contributed by atoms with E-state index in [2.05, 4.69) is 5.32 Å². The topological polar surface area (TPSA) is 55.1 Å². The average molecular weight is 270 g/mol. The van der Waals surface area contributed by atoms with Crippen molar-refractivity contribution in [3.8, 4) is 0 Å². The Bertz CT molecular complexity index is 400. The second-order valence-electron chi connectivity index (χ2n) is 4.00. The second-order valence-corrected chi connectivity index (χ2v) is 5.13. The maximum absolute atomic E-state index is 13.8. The molecule has 0 bridgehead atoms. The first kappa shape index (κ1) is 15.0. The van der Waals surface area contributed by atoms with Crippen LogP contribution in [-0.4, -0.2) is 24.7 Å². The van der Waals surface area contributed by atoms with E-state index in [0.29, 0.717) is 5.56 Å². The van der Waals surface area contributed by atoms with E-state index in [1.807, 2.05) is 6.92 Å². The lowest BCUT2D eigenvalue weighted by Crippen LogP contribution is -2.28. The maximum Gasteiger partial charge on any atom is 0.229 e. The normalized spacial score (nSPS) is 14.0. The van der Waals surface area contributed by atoms with Crippen LogP contribution in [0.25, 0.3) is 0 Å². The fraction of sp³-hybridized carbons (Fsp3) is 0.462. The predicted octanol–water partition coefficient (Wildman–Crippen LogP) is 2.08. The van der Waals surface area contributed by atoms with Crippen LogP contribution in [0.3, 0.4) is 0 Å². The Labute approximate surface area is 111 Å². The highest BCUT2D eigenvalue weighted by atomic mass is 32.2. The van der Waals surface area contributed by atoms with Gasteiger partial charge in [0.05, 0.1) is 5.75 Å². The first-order valence-corrected chi connectivity index (χ1v) is 6.97. The van der Waals surface area contributed by atoms with Gasteiger partial charge in [-0.3, -0.25) is 4.79 Å². The van der Waals surface area contributed by atoms with Crippen molar-refractivity contribution >= 4 is 17.7 Å². The Morgan fingerprint density at radius 3 is 2.72 bits per heavy atom. The molecule has 0 aliphatic heterocycles. The van der Waals surface area contributed by atoms with Crippen molar-refractivity contribution in [2.45, 2.75) is 24.6 Å². The van der Waals surface area contributed by atoms with E-state index in [1.165, 1.54) is 17.8 Å². The summed E-state index contributed by atoms with van der Waals surface area (Å²) in [6.07, 6.45) is 0.736. The van der Waals surface area contributed by atoms with Gasteiger partial charge in [-0.05, 0) is 12.5 Å². The van der Waals surface area contributed by atoms with Crippen molar-refractivity contribution in [3.63, 3.8) is 0 Å². The van der Waals surface area contributed by atoms with E-state index < -0.39 is 0 Å². The monoisotopic (exact) mass is 270 g/mol. The van der Waals surface area contributed by atoms with Crippen molar-refractivity contribution in [1.82, 2.24) is 5.32 Å². The van der Waals surface area contributed by atoms with Crippen LogP contribution in [0.5, 0.6) is 0 Å². The molecular formula is C13H19FN2OS. The molecule has 3 nitrogen and oxygen atoms in total. The number of carbonyl (C=O) groups excluding carboxylic acids is 1. The number of nitrogens with one attached hydrogen (secondary N) is 1. The zero-order valence-electron chi connectivity index (χ0n) is 10.7. The molecule has 0 spiro atoms. The van der Waals surface area contributed by atoms with Gasteiger partial charge in [-0.15, -0.1) is 11.8 Å². The highest BCUT2D eigenvalue weighted by Gasteiger charge is 2.22. The molecule has 1 rings (SSSR count). The van der Waals surface area contributed by atoms with Crippen molar-refractivity contribution in [3.05, 3.63) is 35.6 Å². The van der Waals surface area contributed by atoms with E-state index in [1.54, 1.807) is 25.2 Å². The van der Waals surface area contributed by atoms with Gasteiger partial charge in [0.1, 0.15) is 5.82 Å². The summed E-state index contributed by atoms with van der Waals surface area (Å²) in [5, 5.41) is 2.35. The molecule has 1 aromatic carbocycles. The molecule has 0 fully saturated rings. The average Bonchev–Trinajstić information content (AvgIpc) is 2.40. The van der Waals surface area contributed by atoms with Gasteiger partial charge in [-0.1, -0.05) is 25.1 Å². The molecule has 0 aromatic heterocycles. The van der Waals surface area contributed by atoms with Gasteiger partial charge in [0, 0.05) is 23.9 Å². The highest BCUT2D eigenvalue weighted by Crippen LogP contribution is 2.33. The number of halogens is 1. The van der Waals surface area contributed by atoms with E-state index in [4.69, 9.17) is 5.73 Å². The van der Waals surface area contributed by atoms with Crippen molar-refractivity contribution < 1.29 is 9.18 Å². The van der Waals surface area contributed by atoms with Crippen molar-refractivity contribution in [2.24, 2.45) is 5.73 Å². The van der Waals surface area contributed by atoms with Gasteiger partial charge in [-0.2, -0.15) is 0 Å². The standard InChI is InChI=1S/C13H19FN2OS/c1-3-11(15)13(18-8-12(17)16-2)9-6-4-5-7-10(9)14/h4-7,11,13H,3,8,15H2,1-2H3,(H,16,17). The number of nitrogens with two attached hydrogens (primary N) is 1. The molecule has 0 saturated carbocycles. The summed E-state index contributed by atoms with van der Waals surface area (Å²) in [7, 11) is 1.58. The zero-order chi connectivity index (χ0) is 13.5. The number of hydrogen-bond acceptors (Lipinski definition) is 3. The molecule has 1 amide bonds. The Kier molecular flexibility index (Phi) is 6.15. The number of rotatable bonds is 6. The lowest BCUT2D eigenvalue weighted by atomic mass is 10.0. The first-order chi connectivity index (χ1) is 8.60. The fourth-order valence-electron chi connectivity index (χ4n) is 1.60. The third-order valence-electron chi connectivity index (χ3n) is 2.74. The van der Waals surface area contributed by atoms with E-state index in [-0.39, 0.29) is 28.8 Å². The Hall–Kier alpha value is -1.07. The Balaban J connectivity index is 2.85. The minimum atomic E-state index is -0.268. The highest BCUT2D eigenvalue weighted by molar-refractivity contribution is 8.00. The van der Waals surface area contributed by atoms with Crippen LogP contribution in [0.1, 0.15) is 24.2 Å². The van der Waals surface area contributed by atoms with Crippen LogP contribution in [0, 0.1) is 5.82 Å². The third kappa shape index (κ3) is 3.99. The molecule has 2 atom stereocenters. The van der Waals surface area contributed by atoms with Crippen LogP contribution in [0.15, 0.2) is 24.3 Å².